The van der Waals surface area contributed by atoms with Crippen LogP contribution in [0, 0.1) is 5.82 Å². The summed E-state index contributed by atoms with van der Waals surface area (Å²) < 4.78 is 20.3. The van der Waals surface area contributed by atoms with E-state index in [1.165, 1.54) is 35.9 Å². The van der Waals surface area contributed by atoms with E-state index in [1.54, 1.807) is 6.07 Å². The Morgan fingerprint density at radius 2 is 1.88 bits per heavy atom. The number of carbonyl (C=O) groups is 1. The molecule has 0 bridgehead atoms. The third-order valence-corrected chi connectivity index (χ3v) is 7.87. The second kappa shape index (κ2) is 14.3. The molecule has 3 aromatic carbocycles. The maximum absolute atomic E-state index is 13.7. The van der Waals surface area contributed by atoms with Crippen molar-refractivity contribution in [3.63, 3.8) is 0 Å². The number of likely N-dealkylation sites (N-methyl/N-ethyl adjacent to an activating group) is 1. The minimum atomic E-state index is -0.298. The van der Waals surface area contributed by atoms with Gasteiger partial charge in [0.05, 0.1) is 24.6 Å². The van der Waals surface area contributed by atoms with Crippen LogP contribution in [-0.4, -0.2) is 48.0 Å². The summed E-state index contributed by atoms with van der Waals surface area (Å²) >= 11 is 8.18. The van der Waals surface area contributed by atoms with Crippen molar-refractivity contribution in [3.8, 4) is 11.1 Å². The number of nitrogens with one attached hydrogen (secondary N) is 2. The minimum absolute atomic E-state index is 0.213. The number of carbonyl (C=O) groups excluding carboxylic acids is 1. The first-order valence-electron chi connectivity index (χ1n) is 13.7. The molecule has 220 valence electrons. The molecular formula is C33H31ClFN5O2S. The highest BCUT2D eigenvalue weighted by molar-refractivity contribution is 7.23. The van der Waals surface area contributed by atoms with Gasteiger partial charge in [-0.05, 0) is 55.1 Å². The molecule has 0 fully saturated rings. The molecular weight excluding hydrogens is 585 g/mol. The smallest absolute Gasteiger partial charge is 0.248 e. The number of halogens is 2. The standard InChI is InChI=1S/C33H31ClFN5O2S/c1-40(2)16-8-15-28(41)38-26-14-7-12-24(18-26)29-30-32(36-21-37-33(30)43-31(29)34)39-27(23-10-4-3-5-11-23)20-42-19-22-9-6-13-25(35)17-22/h3-15,17-18,21,27H,16,19-20H2,1-2H3,(H,38,41)(H,36,37,39)/b15-8+/t27-/m1/s1. The van der Waals surface area contributed by atoms with Gasteiger partial charge in [0.2, 0.25) is 5.91 Å². The Bertz CT molecular complexity index is 1730. The summed E-state index contributed by atoms with van der Waals surface area (Å²) in [6, 6.07) is 23.6. The number of ether oxygens (including phenoxy) is 1. The molecule has 0 aliphatic rings. The number of hydrogen-bond acceptors (Lipinski definition) is 7. The summed E-state index contributed by atoms with van der Waals surface area (Å²) in [5, 5.41) is 7.25. The number of amides is 1. The van der Waals surface area contributed by atoms with Crippen LogP contribution in [-0.2, 0) is 16.1 Å². The largest absolute Gasteiger partial charge is 0.374 e. The minimum Gasteiger partial charge on any atom is -0.374 e. The molecule has 5 aromatic rings. The van der Waals surface area contributed by atoms with Crippen LogP contribution in [0.2, 0.25) is 4.34 Å². The van der Waals surface area contributed by atoms with Crippen LogP contribution in [0.3, 0.4) is 0 Å². The Labute approximate surface area is 259 Å². The van der Waals surface area contributed by atoms with Crippen molar-refractivity contribution in [2.75, 3.05) is 37.9 Å². The van der Waals surface area contributed by atoms with Crippen molar-refractivity contribution in [2.24, 2.45) is 0 Å². The fourth-order valence-electron chi connectivity index (χ4n) is 4.57. The van der Waals surface area contributed by atoms with Crippen molar-refractivity contribution in [3.05, 3.63) is 119 Å². The molecule has 2 N–H and O–H groups in total. The predicted octanol–water partition coefficient (Wildman–Crippen LogP) is 7.58. The van der Waals surface area contributed by atoms with E-state index in [1.807, 2.05) is 85.7 Å². The molecule has 2 heterocycles. The monoisotopic (exact) mass is 615 g/mol. The Morgan fingerprint density at radius 1 is 1.07 bits per heavy atom. The number of rotatable bonds is 12. The van der Waals surface area contributed by atoms with Crippen LogP contribution < -0.4 is 10.6 Å². The van der Waals surface area contributed by atoms with Gasteiger partial charge in [-0.25, -0.2) is 14.4 Å². The van der Waals surface area contributed by atoms with Crippen LogP contribution >= 0.6 is 22.9 Å². The van der Waals surface area contributed by atoms with Gasteiger partial charge in [-0.1, -0.05) is 72.3 Å². The van der Waals surface area contributed by atoms with Crippen molar-refractivity contribution in [2.45, 2.75) is 12.6 Å². The van der Waals surface area contributed by atoms with E-state index in [4.69, 9.17) is 16.3 Å². The third kappa shape index (κ3) is 8.03. The predicted molar refractivity (Wildman–Crippen MR) is 173 cm³/mol. The van der Waals surface area contributed by atoms with Gasteiger partial charge in [-0.3, -0.25) is 4.79 Å². The van der Waals surface area contributed by atoms with Crippen LogP contribution in [0.15, 0.2) is 97.3 Å². The van der Waals surface area contributed by atoms with Gasteiger partial charge < -0.3 is 20.3 Å². The summed E-state index contributed by atoms with van der Waals surface area (Å²) in [6.45, 7) is 1.24. The van der Waals surface area contributed by atoms with Crippen LogP contribution in [0.1, 0.15) is 17.2 Å². The van der Waals surface area contributed by atoms with E-state index in [9.17, 15) is 9.18 Å². The Morgan fingerprint density at radius 3 is 2.67 bits per heavy atom. The number of anilines is 2. The third-order valence-electron chi connectivity index (χ3n) is 6.56. The van der Waals surface area contributed by atoms with Gasteiger partial charge in [0.1, 0.15) is 27.1 Å². The molecule has 2 aromatic heterocycles. The summed E-state index contributed by atoms with van der Waals surface area (Å²) in [5.41, 5.74) is 4.00. The number of benzene rings is 3. The normalized spacial score (nSPS) is 12.2. The van der Waals surface area contributed by atoms with Crippen molar-refractivity contribution in [1.82, 2.24) is 14.9 Å². The van der Waals surface area contributed by atoms with Crippen LogP contribution in [0.4, 0.5) is 15.9 Å². The second-order valence-electron chi connectivity index (χ2n) is 10.1. The molecule has 0 aliphatic heterocycles. The SMILES string of the molecule is CN(C)C/C=C/C(=O)Nc1cccc(-c2c(Cl)sc3ncnc(N[C@H](COCc4cccc(F)c4)c4ccccc4)c23)c1. The molecule has 0 saturated carbocycles. The van der Waals surface area contributed by atoms with Crippen LogP contribution in [0.5, 0.6) is 0 Å². The number of nitrogens with zero attached hydrogens (tertiary/aromatic N) is 3. The molecule has 0 aliphatic carbocycles. The van der Waals surface area contributed by atoms with Gasteiger partial charge in [0.25, 0.3) is 0 Å². The number of aromatic nitrogens is 2. The highest BCUT2D eigenvalue weighted by atomic mass is 35.5. The molecule has 0 saturated heterocycles. The average molecular weight is 616 g/mol. The lowest BCUT2D eigenvalue weighted by molar-refractivity contribution is -0.111. The molecule has 0 unspecified atom stereocenters. The Hall–Kier alpha value is -4.15. The second-order valence-corrected chi connectivity index (χ2v) is 11.7. The Balaban J connectivity index is 1.43. The van der Waals surface area contributed by atoms with Crippen molar-refractivity contribution < 1.29 is 13.9 Å². The van der Waals surface area contributed by atoms with E-state index < -0.39 is 0 Å². The van der Waals surface area contributed by atoms with Crippen molar-refractivity contribution >= 4 is 50.6 Å². The van der Waals surface area contributed by atoms with E-state index >= 15 is 0 Å². The fraction of sp³-hybridized carbons (Fsp3) is 0.182. The zero-order chi connectivity index (χ0) is 30.2. The molecule has 5 rings (SSSR count). The summed E-state index contributed by atoms with van der Waals surface area (Å²) in [6.07, 6.45) is 4.84. The molecule has 7 nitrogen and oxygen atoms in total. The van der Waals surface area contributed by atoms with Gasteiger partial charge >= 0.3 is 0 Å². The number of hydrogen-bond donors (Lipinski definition) is 2. The van der Waals surface area contributed by atoms with Crippen molar-refractivity contribution in [1.29, 1.82) is 0 Å². The zero-order valence-electron chi connectivity index (χ0n) is 23.8. The molecule has 1 atom stereocenters. The first kappa shape index (κ1) is 30.3. The number of fused-ring (bicyclic) bond motifs is 1. The highest BCUT2D eigenvalue weighted by Crippen LogP contribution is 2.44. The van der Waals surface area contributed by atoms with E-state index in [0.717, 1.165) is 32.5 Å². The highest BCUT2D eigenvalue weighted by Gasteiger charge is 2.21. The quantitative estimate of drug-likeness (QED) is 0.141. The van der Waals surface area contributed by atoms with Gasteiger partial charge in [-0.2, -0.15) is 0 Å². The van der Waals surface area contributed by atoms with E-state index in [2.05, 4.69) is 20.6 Å². The zero-order valence-corrected chi connectivity index (χ0v) is 25.3. The van der Waals surface area contributed by atoms with E-state index in [0.29, 0.717) is 29.0 Å². The van der Waals surface area contributed by atoms with Gasteiger partial charge in [0.15, 0.2) is 0 Å². The summed E-state index contributed by atoms with van der Waals surface area (Å²) in [7, 11) is 3.88. The maximum atomic E-state index is 13.7. The average Bonchev–Trinajstić information content (AvgIpc) is 3.33. The Kier molecular flexibility index (Phi) is 10.1. The lowest BCUT2D eigenvalue weighted by Crippen LogP contribution is -2.18. The number of thiophene rings is 1. The molecule has 1 amide bonds. The van der Waals surface area contributed by atoms with Gasteiger partial charge in [-0.15, -0.1) is 11.3 Å². The summed E-state index contributed by atoms with van der Waals surface area (Å²) in [5.74, 6) is 0.0934. The molecule has 0 radical (unpaired) electrons. The summed E-state index contributed by atoms with van der Waals surface area (Å²) in [4.78, 5) is 24.3. The lowest BCUT2D eigenvalue weighted by Gasteiger charge is -2.21. The van der Waals surface area contributed by atoms with Crippen LogP contribution in [0.25, 0.3) is 21.3 Å². The lowest BCUT2D eigenvalue weighted by atomic mass is 10.0. The molecule has 43 heavy (non-hydrogen) atoms. The maximum Gasteiger partial charge on any atom is 0.248 e. The first-order chi connectivity index (χ1) is 20.9. The molecule has 10 heteroatoms. The van der Waals surface area contributed by atoms with Gasteiger partial charge in [0, 0.05) is 23.9 Å². The van der Waals surface area contributed by atoms with E-state index in [-0.39, 0.29) is 24.4 Å². The fourth-order valence-corrected chi connectivity index (χ4v) is 5.89. The first-order valence-corrected chi connectivity index (χ1v) is 14.9. The topological polar surface area (TPSA) is 79.4 Å². The molecule has 0 spiro atoms.